The number of fused-ring (bicyclic) bond motifs is 3. The van der Waals surface area contributed by atoms with E-state index >= 15 is 0 Å². The van der Waals surface area contributed by atoms with Gasteiger partial charge in [0.2, 0.25) is 0 Å². The molecular formula is C11H13NOS. The zero-order valence-electron chi connectivity index (χ0n) is 13.4. The molecule has 2 aliphatic rings. The van der Waals surface area contributed by atoms with Crippen LogP contribution in [0.4, 0.5) is 0 Å². The SMILES string of the molecule is [2H]C1([2H])Cc2sc3c(c2C([2H])([2H])C1([2H])[2H])CCC3=NO. The van der Waals surface area contributed by atoms with Crippen molar-refractivity contribution in [3.05, 3.63) is 20.9 Å². The fourth-order valence-electron chi connectivity index (χ4n) is 1.94. The zero-order chi connectivity index (χ0) is 14.9. The number of nitrogens with zero attached hydrogens (tertiary/aromatic N) is 1. The van der Waals surface area contributed by atoms with E-state index in [1.807, 2.05) is 0 Å². The Morgan fingerprint density at radius 2 is 2.14 bits per heavy atom. The highest BCUT2D eigenvalue weighted by molar-refractivity contribution is 7.14. The molecule has 0 saturated carbocycles. The number of hydrogen-bond donors (Lipinski definition) is 1. The van der Waals surface area contributed by atoms with Crippen molar-refractivity contribution < 1.29 is 13.4 Å². The molecule has 0 atom stereocenters. The molecule has 0 fully saturated rings. The van der Waals surface area contributed by atoms with Gasteiger partial charge in [0, 0.05) is 13.1 Å². The highest BCUT2D eigenvalue weighted by Crippen LogP contribution is 2.39. The van der Waals surface area contributed by atoms with Crippen LogP contribution in [0.15, 0.2) is 5.16 Å². The molecule has 0 aromatic carbocycles. The van der Waals surface area contributed by atoms with Gasteiger partial charge in [-0.25, -0.2) is 0 Å². The molecule has 1 aromatic heterocycles. The summed E-state index contributed by atoms with van der Waals surface area (Å²) in [5, 5.41) is 12.2. The summed E-state index contributed by atoms with van der Waals surface area (Å²) in [5.41, 5.74) is 1.44. The molecule has 0 bridgehead atoms. The topological polar surface area (TPSA) is 32.6 Å². The summed E-state index contributed by atoms with van der Waals surface area (Å²) in [5.74, 6) is 0. The van der Waals surface area contributed by atoms with E-state index in [-0.39, 0.29) is 12.0 Å². The van der Waals surface area contributed by atoms with E-state index in [0.29, 0.717) is 33.9 Å². The van der Waals surface area contributed by atoms with Crippen LogP contribution >= 0.6 is 11.3 Å². The van der Waals surface area contributed by atoms with E-state index in [2.05, 4.69) is 5.16 Å². The summed E-state index contributed by atoms with van der Waals surface area (Å²) < 4.78 is 47.8. The number of thiophene rings is 1. The molecule has 1 N–H and O–H groups in total. The first kappa shape index (κ1) is 4.35. The van der Waals surface area contributed by atoms with Gasteiger partial charge in [0.15, 0.2) is 0 Å². The molecule has 0 unspecified atom stereocenters. The monoisotopic (exact) mass is 213 g/mol. The molecule has 14 heavy (non-hydrogen) atoms. The lowest BCUT2D eigenvalue weighted by Crippen LogP contribution is -2.00. The second-order valence-electron chi connectivity index (χ2n) is 3.36. The van der Waals surface area contributed by atoms with Crippen LogP contribution in [0.3, 0.4) is 0 Å². The van der Waals surface area contributed by atoms with E-state index in [1.54, 1.807) is 0 Å². The third-order valence-corrected chi connectivity index (χ3v) is 3.88. The van der Waals surface area contributed by atoms with Crippen LogP contribution in [0.5, 0.6) is 0 Å². The van der Waals surface area contributed by atoms with E-state index in [0.717, 1.165) is 0 Å². The average molecular weight is 213 g/mol. The predicted octanol–water partition coefficient (Wildman–Crippen LogP) is 2.75. The molecule has 0 amide bonds. The number of aryl methyl sites for hydroxylation is 1. The molecule has 3 rings (SSSR count). The summed E-state index contributed by atoms with van der Waals surface area (Å²) in [4.78, 5) is 1.20. The first-order valence-electron chi connectivity index (χ1n) is 7.50. The second-order valence-corrected chi connectivity index (χ2v) is 4.46. The van der Waals surface area contributed by atoms with Crippen molar-refractivity contribution in [3.8, 4) is 0 Å². The van der Waals surface area contributed by atoms with Crippen molar-refractivity contribution in [2.45, 2.75) is 38.4 Å². The Labute approximate surface area is 95.7 Å². The Hall–Kier alpha value is -0.830. The fourth-order valence-corrected chi connectivity index (χ4v) is 3.20. The minimum absolute atomic E-state index is 0.148. The summed E-state index contributed by atoms with van der Waals surface area (Å²) in [6.45, 7) is 0. The normalized spacial score (nSPS) is 39.6. The van der Waals surface area contributed by atoms with Gasteiger partial charge in [-0.2, -0.15) is 0 Å². The molecule has 1 aromatic rings. The van der Waals surface area contributed by atoms with Crippen LogP contribution in [0.25, 0.3) is 0 Å². The molecule has 0 aliphatic heterocycles. The third-order valence-electron chi connectivity index (χ3n) is 2.60. The average Bonchev–Trinajstić information content (AvgIpc) is 2.84. The van der Waals surface area contributed by atoms with Gasteiger partial charge >= 0.3 is 0 Å². The molecular weight excluding hydrogens is 194 g/mol. The van der Waals surface area contributed by atoms with E-state index in [1.165, 1.54) is 11.3 Å². The van der Waals surface area contributed by atoms with Crippen LogP contribution in [0.2, 0.25) is 0 Å². The molecule has 2 nitrogen and oxygen atoms in total. The lowest BCUT2D eigenvalue weighted by atomic mass is 9.95. The molecule has 74 valence electrons. The maximum absolute atomic E-state index is 8.96. The quantitative estimate of drug-likeness (QED) is 0.521. The number of oxime groups is 1. The number of rotatable bonds is 0. The van der Waals surface area contributed by atoms with Crippen LogP contribution in [0.1, 0.15) is 48.3 Å². The van der Waals surface area contributed by atoms with Gasteiger partial charge in [0.1, 0.15) is 0 Å². The largest absolute Gasteiger partial charge is 0.411 e. The van der Waals surface area contributed by atoms with Gasteiger partial charge in [-0.1, -0.05) is 5.16 Å². The standard InChI is InChI=1S/C11H13NOS/c13-12-9-6-5-8-7-3-1-2-4-10(7)14-11(8)9/h13H,1-6H2/i1D2,2D2,3D2. The molecule has 0 saturated heterocycles. The van der Waals surface area contributed by atoms with Crippen molar-refractivity contribution in [2.24, 2.45) is 5.16 Å². The van der Waals surface area contributed by atoms with Gasteiger partial charge in [-0.05, 0) is 49.5 Å². The first-order chi connectivity index (χ1) is 9.13. The van der Waals surface area contributed by atoms with Crippen LogP contribution < -0.4 is 0 Å². The molecule has 3 heteroatoms. The first-order valence-corrected chi connectivity index (χ1v) is 5.31. The van der Waals surface area contributed by atoms with E-state index in [9.17, 15) is 0 Å². The van der Waals surface area contributed by atoms with Gasteiger partial charge in [0.25, 0.3) is 0 Å². The van der Waals surface area contributed by atoms with Crippen molar-refractivity contribution >= 4 is 17.0 Å². The van der Waals surface area contributed by atoms with Crippen LogP contribution in [0, 0.1) is 0 Å². The predicted molar refractivity (Wildman–Crippen MR) is 57.6 cm³/mol. The van der Waals surface area contributed by atoms with Gasteiger partial charge in [-0.15, -0.1) is 11.3 Å². The summed E-state index contributed by atoms with van der Waals surface area (Å²) >= 11 is 1.22. The smallest absolute Gasteiger partial charge is 0.0973 e. The summed E-state index contributed by atoms with van der Waals surface area (Å²) in [6, 6.07) is 0. The van der Waals surface area contributed by atoms with Crippen molar-refractivity contribution in [1.82, 2.24) is 0 Å². The Balaban J connectivity index is 2.27. The van der Waals surface area contributed by atoms with Crippen molar-refractivity contribution in [3.63, 3.8) is 0 Å². The summed E-state index contributed by atoms with van der Waals surface area (Å²) in [7, 11) is 0. The lowest BCUT2D eigenvalue weighted by Gasteiger charge is -2.11. The highest BCUT2D eigenvalue weighted by atomic mass is 32.1. The maximum atomic E-state index is 8.96. The Morgan fingerprint density at radius 1 is 1.21 bits per heavy atom. The Morgan fingerprint density at radius 3 is 3.00 bits per heavy atom. The van der Waals surface area contributed by atoms with E-state index in [4.69, 9.17) is 13.4 Å². The fraction of sp³-hybridized carbons (Fsp3) is 0.545. The van der Waals surface area contributed by atoms with Crippen LogP contribution in [-0.2, 0) is 19.2 Å². The van der Waals surface area contributed by atoms with Crippen LogP contribution in [-0.4, -0.2) is 10.9 Å². The van der Waals surface area contributed by atoms with Crippen molar-refractivity contribution in [1.29, 1.82) is 0 Å². The third kappa shape index (κ3) is 1.05. The minimum atomic E-state index is -2.60. The lowest BCUT2D eigenvalue weighted by molar-refractivity contribution is 0.318. The highest BCUT2D eigenvalue weighted by Gasteiger charge is 2.27. The molecule has 0 radical (unpaired) electrons. The minimum Gasteiger partial charge on any atom is -0.411 e. The summed E-state index contributed by atoms with van der Waals surface area (Å²) in [6.07, 6.45) is -6.38. The van der Waals surface area contributed by atoms with Gasteiger partial charge < -0.3 is 5.21 Å². The van der Waals surface area contributed by atoms with Gasteiger partial charge in [-0.3, -0.25) is 0 Å². The second kappa shape index (κ2) is 3.09. The molecule has 0 spiro atoms. The maximum Gasteiger partial charge on any atom is 0.0973 e. The van der Waals surface area contributed by atoms with E-state index < -0.39 is 19.1 Å². The Bertz CT molecular complexity index is 621. The Kier molecular flexibility index (Phi) is 0.960. The van der Waals surface area contributed by atoms with Crippen molar-refractivity contribution in [2.75, 3.05) is 0 Å². The molecule has 2 aliphatic carbocycles. The zero-order valence-corrected chi connectivity index (χ0v) is 8.24. The molecule has 1 heterocycles. The number of hydrogen-bond acceptors (Lipinski definition) is 3. The van der Waals surface area contributed by atoms with Gasteiger partial charge in [0.05, 0.1) is 10.6 Å².